The lowest BCUT2D eigenvalue weighted by molar-refractivity contribution is -0.125. The standard InChI is InChI=1S/C13H16N2O3S/c1-13(2,3)18-12(16)15-11(4-5-17-15)9-6-10(7-14)19-8-9/h6,8,11H,4-5H2,1-3H3/t11-/m0/s1. The number of rotatable bonds is 1. The molecule has 0 saturated carbocycles. The normalized spacial score (nSPS) is 19.3. The van der Waals surface area contributed by atoms with E-state index in [-0.39, 0.29) is 6.04 Å². The van der Waals surface area contributed by atoms with E-state index in [4.69, 9.17) is 14.8 Å². The molecule has 0 bridgehead atoms. The van der Waals surface area contributed by atoms with Crippen molar-refractivity contribution in [3.8, 4) is 6.07 Å². The number of ether oxygens (including phenoxy) is 1. The van der Waals surface area contributed by atoms with Crippen LogP contribution < -0.4 is 0 Å². The minimum Gasteiger partial charge on any atom is -0.442 e. The zero-order chi connectivity index (χ0) is 14.0. The van der Waals surface area contributed by atoms with Gasteiger partial charge in [0.2, 0.25) is 0 Å². The predicted octanol–water partition coefficient (Wildman–Crippen LogP) is 3.23. The first-order chi connectivity index (χ1) is 8.90. The van der Waals surface area contributed by atoms with E-state index >= 15 is 0 Å². The van der Waals surface area contributed by atoms with Gasteiger partial charge in [0.15, 0.2) is 0 Å². The van der Waals surface area contributed by atoms with Crippen molar-refractivity contribution in [2.75, 3.05) is 6.61 Å². The molecule has 0 aromatic carbocycles. The van der Waals surface area contributed by atoms with Crippen LogP contribution in [-0.2, 0) is 9.57 Å². The molecule has 0 spiro atoms. The molecule has 6 heteroatoms. The first kappa shape index (κ1) is 13.8. The van der Waals surface area contributed by atoms with Crippen LogP contribution in [0.2, 0.25) is 0 Å². The van der Waals surface area contributed by atoms with E-state index in [1.807, 2.05) is 26.2 Å². The molecule has 1 aromatic heterocycles. The number of thiophene rings is 1. The SMILES string of the molecule is CC(C)(C)OC(=O)N1OCC[C@H]1c1csc(C#N)c1. The first-order valence-corrected chi connectivity index (χ1v) is 6.92. The summed E-state index contributed by atoms with van der Waals surface area (Å²) in [6.45, 7) is 5.92. The fourth-order valence-corrected chi connectivity index (χ4v) is 2.59. The molecule has 1 aliphatic rings. The molecule has 2 heterocycles. The van der Waals surface area contributed by atoms with E-state index in [0.717, 1.165) is 5.56 Å². The van der Waals surface area contributed by atoms with Gasteiger partial charge in [0, 0.05) is 6.42 Å². The minimum absolute atomic E-state index is 0.173. The van der Waals surface area contributed by atoms with Gasteiger partial charge < -0.3 is 4.74 Å². The first-order valence-electron chi connectivity index (χ1n) is 6.04. The number of nitrogens with zero attached hydrogens (tertiary/aromatic N) is 2. The lowest BCUT2D eigenvalue weighted by Gasteiger charge is -2.26. The Morgan fingerprint density at radius 1 is 1.63 bits per heavy atom. The van der Waals surface area contributed by atoms with E-state index in [9.17, 15) is 4.79 Å². The van der Waals surface area contributed by atoms with Crippen molar-refractivity contribution < 1.29 is 14.4 Å². The van der Waals surface area contributed by atoms with Gasteiger partial charge in [0.25, 0.3) is 0 Å². The number of carbonyl (C=O) groups is 1. The van der Waals surface area contributed by atoms with E-state index in [0.29, 0.717) is 17.9 Å². The third-order valence-corrected chi connectivity index (χ3v) is 3.45. The summed E-state index contributed by atoms with van der Waals surface area (Å²) in [5, 5.41) is 12.0. The molecule has 5 nitrogen and oxygen atoms in total. The van der Waals surface area contributed by atoms with Gasteiger partial charge >= 0.3 is 6.09 Å². The van der Waals surface area contributed by atoms with Crippen LogP contribution in [0.3, 0.4) is 0 Å². The summed E-state index contributed by atoms with van der Waals surface area (Å²) in [6.07, 6.45) is 0.223. The highest BCUT2D eigenvalue weighted by atomic mass is 32.1. The average molecular weight is 280 g/mol. The maximum Gasteiger partial charge on any atom is 0.435 e. The molecule has 102 valence electrons. The minimum atomic E-state index is -0.556. The second-order valence-corrected chi connectivity index (χ2v) is 6.21. The molecule has 1 amide bonds. The number of carbonyl (C=O) groups excluding carboxylic acids is 1. The Morgan fingerprint density at radius 3 is 2.95 bits per heavy atom. The second-order valence-electron chi connectivity index (χ2n) is 5.30. The number of nitriles is 1. The molecular formula is C13H16N2O3S. The van der Waals surface area contributed by atoms with Crippen LogP contribution in [0.4, 0.5) is 4.79 Å². The number of hydrogen-bond donors (Lipinski definition) is 0. The van der Waals surface area contributed by atoms with Crippen molar-refractivity contribution in [2.45, 2.75) is 38.8 Å². The second kappa shape index (κ2) is 5.19. The molecule has 1 aliphatic heterocycles. The number of hydrogen-bond acceptors (Lipinski definition) is 5. The molecule has 0 unspecified atom stereocenters. The van der Waals surface area contributed by atoms with Crippen LogP contribution in [-0.4, -0.2) is 23.4 Å². The van der Waals surface area contributed by atoms with Crippen molar-refractivity contribution >= 4 is 17.4 Å². The summed E-state index contributed by atoms with van der Waals surface area (Å²) >= 11 is 1.37. The maximum absolute atomic E-state index is 12.0. The summed E-state index contributed by atoms with van der Waals surface area (Å²) in [6, 6.07) is 3.72. The Morgan fingerprint density at radius 2 is 2.37 bits per heavy atom. The predicted molar refractivity (Wildman–Crippen MR) is 70.4 cm³/mol. The fourth-order valence-electron chi connectivity index (χ4n) is 1.84. The monoisotopic (exact) mass is 280 g/mol. The van der Waals surface area contributed by atoms with Crippen LogP contribution >= 0.6 is 11.3 Å². The largest absolute Gasteiger partial charge is 0.442 e. The Labute approximate surface area is 116 Å². The summed E-state index contributed by atoms with van der Waals surface area (Å²) in [5.41, 5.74) is 0.366. The molecule has 1 atom stereocenters. The topological polar surface area (TPSA) is 62.6 Å². The Kier molecular flexibility index (Phi) is 3.78. The molecular weight excluding hydrogens is 264 g/mol. The Hall–Kier alpha value is -1.58. The summed E-state index contributed by atoms with van der Waals surface area (Å²) < 4.78 is 5.31. The van der Waals surface area contributed by atoms with E-state index < -0.39 is 11.7 Å². The van der Waals surface area contributed by atoms with E-state index in [1.165, 1.54) is 16.4 Å². The fraction of sp³-hybridized carbons (Fsp3) is 0.538. The molecule has 19 heavy (non-hydrogen) atoms. The lowest BCUT2D eigenvalue weighted by atomic mass is 10.1. The van der Waals surface area contributed by atoms with Crippen molar-refractivity contribution in [3.63, 3.8) is 0 Å². The molecule has 0 N–H and O–H groups in total. The van der Waals surface area contributed by atoms with Gasteiger partial charge in [-0.05, 0) is 37.8 Å². The van der Waals surface area contributed by atoms with Gasteiger partial charge in [-0.2, -0.15) is 10.3 Å². The Bertz CT molecular complexity index is 513. The van der Waals surface area contributed by atoms with Crippen molar-refractivity contribution in [3.05, 3.63) is 21.9 Å². The van der Waals surface area contributed by atoms with Gasteiger partial charge in [0.05, 0.1) is 12.6 Å². The Balaban J connectivity index is 2.13. The van der Waals surface area contributed by atoms with Crippen LogP contribution in [0.1, 0.15) is 43.7 Å². The zero-order valence-electron chi connectivity index (χ0n) is 11.2. The zero-order valence-corrected chi connectivity index (χ0v) is 12.0. The van der Waals surface area contributed by atoms with E-state index in [2.05, 4.69) is 6.07 Å². The van der Waals surface area contributed by atoms with Crippen molar-refractivity contribution in [1.29, 1.82) is 5.26 Å². The van der Waals surface area contributed by atoms with Crippen LogP contribution in [0.15, 0.2) is 11.4 Å². The van der Waals surface area contributed by atoms with Gasteiger partial charge in [-0.15, -0.1) is 11.3 Å². The highest BCUT2D eigenvalue weighted by Gasteiger charge is 2.35. The van der Waals surface area contributed by atoms with Gasteiger partial charge in [-0.3, -0.25) is 4.84 Å². The third-order valence-electron chi connectivity index (χ3n) is 2.59. The van der Waals surface area contributed by atoms with Gasteiger partial charge in [-0.1, -0.05) is 0 Å². The molecule has 1 saturated heterocycles. The number of amides is 1. The van der Waals surface area contributed by atoms with Gasteiger partial charge in [0.1, 0.15) is 16.5 Å². The molecule has 1 aromatic rings. The highest BCUT2D eigenvalue weighted by molar-refractivity contribution is 7.10. The quantitative estimate of drug-likeness (QED) is 0.792. The maximum atomic E-state index is 12.0. The van der Waals surface area contributed by atoms with Crippen LogP contribution in [0, 0.1) is 11.3 Å². The average Bonchev–Trinajstić information content (AvgIpc) is 2.95. The smallest absolute Gasteiger partial charge is 0.435 e. The van der Waals surface area contributed by atoms with Gasteiger partial charge in [-0.25, -0.2) is 4.79 Å². The summed E-state index contributed by atoms with van der Waals surface area (Å²) in [7, 11) is 0. The van der Waals surface area contributed by atoms with Crippen molar-refractivity contribution in [2.24, 2.45) is 0 Å². The highest BCUT2D eigenvalue weighted by Crippen LogP contribution is 2.33. The third kappa shape index (κ3) is 3.25. The lowest BCUT2D eigenvalue weighted by Crippen LogP contribution is -2.35. The molecule has 2 rings (SSSR count). The number of hydroxylamine groups is 2. The van der Waals surface area contributed by atoms with E-state index in [1.54, 1.807) is 6.07 Å². The molecule has 1 fully saturated rings. The molecule has 0 radical (unpaired) electrons. The van der Waals surface area contributed by atoms with Crippen molar-refractivity contribution in [1.82, 2.24) is 5.06 Å². The van der Waals surface area contributed by atoms with Crippen LogP contribution in [0.25, 0.3) is 0 Å². The molecule has 0 aliphatic carbocycles. The summed E-state index contributed by atoms with van der Waals surface area (Å²) in [5.74, 6) is 0. The van der Waals surface area contributed by atoms with Crippen LogP contribution in [0.5, 0.6) is 0 Å². The summed E-state index contributed by atoms with van der Waals surface area (Å²) in [4.78, 5) is 18.0.